The molecule has 2 heterocycles. The number of allylic oxidation sites excluding steroid dienone is 1. The quantitative estimate of drug-likeness (QED) is 0.261. The number of nitrogens with zero attached hydrogens (tertiary/aromatic N) is 2. The summed E-state index contributed by atoms with van der Waals surface area (Å²) in [6, 6.07) is 17.4. The second-order valence-electron chi connectivity index (χ2n) is 7.01. The fourth-order valence-electron chi connectivity index (χ4n) is 3.56. The zero-order valence-electron chi connectivity index (χ0n) is 17.1. The SMILES string of the molecule is O=S(=O)([O-])CN1C(=Cc2ccc3ccccc3[n+]2CS(=O)(=O)[O-])C=Cc2ccccc21.[Na+]. The van der Waals surface area contributed by atoms with Crippen molar-refractivity contribution in [1.82, 2.24) is 0 Å². The third-order valence-corrected chi connectivity index (χ3v) is 5.96. The van der Waals surface area contributed by atoms with Gasteiger partial charge in [0.25, 0.3) is 0 Å². The number of fused-ring (bicyclic) bond motifs is 2. The van der Waals surface area contributed by atoms with Gasteiger partial charge in [0.15, 0.2) is 10.1 Å². The van der Waals surface area contributed by atoms with Gasteiger partial charge >= 0.3 is 29.6 Å². The Balaban J connectivity index is 0.00000289. The molecule has 32 heavy (non-hydrogen) atoms. The van der Waals surface area contributed by atoms with Crippen molar-refractivity contribution in [2.45, 2.75) is 5.88 Å². The Kier molecular flexibility index (Phi) is 7.25. The van der Waals surface area contributed by atoms with Gasteiger partial charge in [-0.3, -0.25) is 0 Å². The van der Waals surface area contributed by atoms with Gasteiger partial charge in [-0.2, -0.15) is 4.57 Å². The fourth-order valence-corrected chi connectivity index (χ4v) is 4.77. The predicted molar refractivity (Wildman–Crippen MR) is 114 cm³/mol. The summed E-state index contributed by atoms with van der Waals surface area (Å²) < 4.78 is 70.7. The van der Waals surface area contributed by atoms with Crippen LogP contribution in [0.25, 0.3) is 23.1 Å². The van der Waals surface area contributed by atoms with E-state index >= 15 is 0 Å². The van der Waals surface area contributed by atoms with Gasteiger partial charge in [-0.15, -0.1) is 0 Å². The molecule has 0 spiro atoms. The Morgan fingerprint density at radius 1 is 0.844 bits per heavy atom. The minimum absolute atomic E-state index is 0. The molecule has 4 rings (SSSR count). The Hall–Kier alpha value is -2.05. The molecule has 1 aliphatic rings. The number of rotatable bonds is 5. The molecule has 1 aliphatic heterocycles. The molecule has 0 aliphatic carbocycles. The topological polar surface area (TPSA) is 122 Å². The van der Waals surface area contributed by atoms with E-state index in [2.05, 4.69) is 0 Å². The van der Waals surface area contributed by atoms with Gasteiger partial charge in [0.2, 0.25) is 17.1 Å². The molecule has 0 atom stereocenters. The first-order valence-electron chi connectivity index (χ1n) is 9.16. The molecule has 0 radical (unpaired) electrons. The van der Waals surface area contributed by atoms with Crippen molar-refractivity contribution in [2.75, 3.05) is 10.8 Å². The number of pyridine rings is 1. The Morgan fingerprint density at radius 2 is 1.53 bits per heavy atom. The van der Waals surface area contributed by atoms with Crippen LogP contribution in [0.3, 0.4) is 0 Å². The van der Waals surface area contributed by atoms with E-state index < -0.39 is 32.0 Å². The van der Waals surface area contributed by atoms with Crippen LogP contribution in [-0.2, 0) is 26.1 Å². The Labute approximate surface area is 208 Å². The number of benzene rings is 2. The zero-order chi connectivity index (χ0) is 22.2. The molecule has 8 nitrogen and oxygen atoms in total. The molecule has 2 aromatic carbocycles. The molecule has 3 aromatic rings. The van der Waals surface area contributed by atoms with Gasteiger partial charge in [-0.1, -0.05) is 36.4 Å². The third kappa shape index (κ3) is 5.65. The first-order chi connectivity index (χ1) is 14.6. The van der Waals surface area contributed by atoms with E-state index in [0.29, 0.717) is 22.6 Å². The second kappa shape index (κ2) is 9.44. The van der Waals surface area contributed by atoms with Crippen molar-refractivity contribution in [3.63, 3.8) is 0 Å². The Bertz CT molecular complexity index is 1450. The average molecular weight is 480 g/mol. The summed E-state index contributed by atoms with van der Waals surface area (Å²) in [5.41, 5.74) is 2.52. The van der Waals surface area contributed by atoms with Gasteiger partial charge in [0.1, 0.15) is 16.0 Å². The largest absolute Gasteiger partial charge is 1.00 e. The van der Waals surface area contributed by atoms with E-state index in [-0.39, 0.29) is 29.6 Å². The minimum Gasteiger partial charge on any atom is -0.747 e. The molecular formula is C21H17N2NaO6S2. The van der Waals surface area contributed by atoms with Crippen molar-refractivity contribution >= 4 is 49.0 Å². The third-order valence-electron chi connectivity index (χ3n) is 4.82. The summed E-state index contributed by atoms with van der Waals surface area (Å²) in [5.74, 6) is -1.60. The molecule has 0 N–H and O–H groups in total. The number of hydrogen-bond donors (Lipinski definition) is 0. The van der Waals surface area contributed by atoms with E-state index in [0.717, 1.165) is 10.9 Å². The van der Waals surface area contributed by atoms with Crippen molar-refractivity contribution in [1.29, 1.82) is 0 Å². The number of aromatic nitrogens is 1. The van der Waals surface area contributed by atoms with Crippen LogP contribution in [0.15, 0.2) is 72.4 Å². The van der Waals surface area contributed by atoms with Crippen LogP contribution in [0.1, 0.15) is 11.3 Å². The van der Waals surface area contributed by atoms with Crippen LogP contribution in [0.4, 0.5) is 5.69 Å². The maximum absolute atomic E-state index is 11.6. The molecule has 0 amide bonds. The van der Waals surface area contributed by atoms with Crippen LogP contribution >= 0.6 is 0 Å². The standard InChI is InChI=1S/C21H18N2O6S2.Na/c24-30(25,26)14-22-18(11-9-16-5-1-3-7-20(16)22)13-19-12-10-17-6-2-4-8-21(17)23(19)15-31(27,28)29;/h1-13H,14-15H2,(H-,24,25,26,27,28,29);/q;+1/p-1. The maximum atomic E-state index is 11.6. The van der Waals surface area contributed by atoms with E-state index in [1.54, 1.807) is 78.9 Å². The maximum Gasteiger partial charge on any atom is 1.00 e. The van der Waals surface area contributed by atoms with Crippen LogP contribution in [0, 0.1) is 0 Å². The molecule has 11 heteroatoms. The van der Waals surface area contributed by atoms with Gasteiger partial charge in [-0.05, 0) is 29.8 Å². The number of anilines is 1. The smallest absolute Gasteiger partial charge is 0.747 e. The second-order valence-corrected chi connectivity index (χ2v) is 9.76. The normalized spacial score (nSPS) is 14.9. The predicted octanol–water partition coefficient (Wildman–Crippen LogP) is -0.989. The monoisotopic (exact) mass is 480 g/mol. The molecule has 0 bridgehead atoms. The summed E-state index contributed by atoms with van der Waals surface area (Å²) in [6.07, 6.45) is 4.96. The van der Waals surface area contributed by atoms with Crippen molar-refractivity contribution in [2.24, 2.45) is 0 Å². The Morgan fingerprint density at radius 3 is 2.25 bits per heavy atom. The summed E-state index contributed by atoms with van der Waals surface area (Å²) in [5, 5.41) is 0.733. The first kappa shape index (κ1) is 24.6. The van der Waals surface area contributed by atoms with E-state index in [1.165, 1.54) is 9.47 Å². The molecule has 0 unspecified atom stereocenters. The molecule has 0 saturated heterocycles. The van der Waals surface area contributed by atoms with Gasteiger partial charge in [0.05, 0.1) is 0 Å². The average Bonchev–Trinajstić information content (AvgIpc) is 2.69. The van der Waals surface area contributed by atoms with Gasteiger partial charge in [0, 0.05) is 35.0 Å². The van der Waals surface area contributed by atoms with Crippen LogP contribution in [0.2, 0.25) is 0 Å². The number of hydrogen-bond acceptors (Lipinski definition) is 7. The summed E-state index contributed by atoms with van der Waals surface area (Å²) in [4.78, 5) is 1.35. The minimum atomic E-state index is -4.62. The van der Waals surface area contributed by atoms with Crippen LogP contribution in [0.5, 0.6) is 0 Å². The first-order valence-corrected chi connectivity index (χ1v) is 12.3. The molecule has 0 saturated carbocycles. The number of para-hydroxylation sites is 2. The van der Waals surface area contributed by atoms with Crippen molar-refractivity contribution in [3.05, 3.63) is 83.7 Å². The summed E-state index contributed by atoms with van der Waals surface area (Å²) >= 11 is 0. The van der Waals surface area contributed by atoms with Crippen LogP contribution < -0.4 is 39.0 Å². The van der Waals surface area contributed by atoms with Crippen molar-refractivity contribution < 1.29 is 60.1 Å². The fraction of sp³-hybridized carbons (Fsp3) is 0.0952. The molecule has 160 valence electrons. The van der Waals surface area contributed by atoms with Crippen molar-refractivity contribution in [3.8, 4) is 0 Å². The van der Waals surface area contributed by atoms with Gasteiger partial charge in [-0.25, -0.2) is 16.8 Å². The molecular weight excluding hydrogens is 463 g/mol. The zero-order valence-corrected chi connectivity index (χ0v) is 20.7. The summed E-state index contributed by atoms with van der Waals surface area (Å²) in [6.45, 7) is 0. The molecule has 0 fully saturated rings. The van der Waals surface area contributed by atoms with Crippen LogP contribution in [-0.4, -0.2) is 31.8 Å². The van der Waals surface area contributed by atoms with E-state index in [1.807, 2.05) is 0 Å². The molecule has 1 aromatic heterocycles. The summed E-state index contributed by atoms with van der Waals surface area (Å²) in [7, 11) is -9.23. The van der Waals surface area contributed by atoms with Gasteiger partial charge < -0.3 is 14.0 Å². The van der Waals surface area contributed by atoms with E-state index in [4.69, 9.17) is 0 Å². The van der Waals surface area contributed by atoms with E-state index in [9.17, 15) is 25.9 Å².